The van der Waals surface area contributed by atoms with E-state index in [0.29, 0.717) is 11.8 Å². The Bertz CT molecular complexity index is 493. The molecule has 0 unspecified atom stereocenters. The molecular weight excluding hydrogens is 203 g/mol. The minimum absolute atomic E-state index is 0.00565. The van der Waals surface area contributed by atoms with Crippen molar-refractivity contribution in [3.63, 3.8) is 0 Å². The van der Waals surface area contributed by atoms with Crippen LogP contribution in [-0.2, 0) is 0 Å². The van der Waals surface area contributed by atoms with Gasteiger partial charge in [-0.05, 0) is 29.2 Å². The zero-order valence-corrected chi connectivity index (χ0v) is 7.38. The Morgan fingerprint density at radius 1 is 1.40 bits per heavy atom. The summed E-state index contributed by atoms with van der Waals surface area (Å²) in [6.07, 6.45) is 0.336. The maximum Gasteiger partial charge on any atom is 0.266 e. The maximum absolute atomic E-state index is 12.6. The van der Waals surface area contributed by atoms with Gasteiger partial charge in [0.15, 0.2) is 6.29 Å². The van der Waals surface area contributed by atoms with Crippen LogP contribution in [0.25, 0.3) is 11.3 Å². The molecule has 0 saturated carbocycles. The highest BCUT2D eigenvalue weighted by molar-refractivity contribution is 5.80. The first kappa shape index (κ1) is 9.32. The molecule has 0 amide bonds. The molecule has 0 saturated heterocycles. The number of aldehydes is 1. The van der Waals surface area contributed by atoms with E-state index in [9.17, 15) is 14.4 Å². The lowest BCUT2D eigenvalue weighted by atomic mass is 10.1. The predicted molar refractivity (Wildman–Crippen MR) is 46.2 cm³/mol. The SMILES string of the molecule is O=Cc1c(-c2ccc(F)cc2)no[n+]1[O-]. The lowest BCUT2D eigenvalue weighted by Gasteiger charge is -1.91. The molecule has 2 rings (SSSR count). The first-order valence-corrected chi connectivity index (χ1v) is 4.03. The van der Waals surface area contributed by atoms with Gasteiger partial charge in [-0.15, -0.1) is 0 Å². The summed E-state index contributed by atoms with van der Waals surface area (Å²) in [6.45, 7) is 0. The molecule has 1 aromatic heterocycles. The number of carbonyl (C=O) groups is 1. The van der Waals surface area contributed by atoms with Gasteiger partial charge in [0.05, 0.1) is 0 Å². The van der Waals surface area contributed by atoms with E-state index >= 15 is 0 Å². The summed E-state index contributed by atoms with van der Waals surface area (Å²) in [5.41, 5.74) is 0.304. The summed E-state index contributed by atoms with van der Waals surface area (Å²) in [4.78, 5) is 10.6. The Balaban J connectivity index is 2.53. The van der Waals surface area contributed by atoms with Gasteiger partial charge in [0.2, 0.25) is 0 Å². The molecule has 0 bridgehead atoms. The zero-order valence-electron chi connectivity index (χ0n) is 7.38. The van der Waals surface area contributed by atoms with Crippen molar-refractivity contribution in [1.29, 1.82) is 0 Å². The molecule has 1 heterocycles. The second-order valence-electron chi connectivity index (χ2n) is 2.79. The third kappa shape index (κ3) is 1.56. The van der Waals surface area contributed by atoms with E-state index in [1.165, 1.54) is 24.3 Å². The first-order valence-electron chi connectivity index (χ1n) is 4.03. The topological polar surface area (TPSA) is 70.0 Å². The van der Waals surface area contributed by atoms with Gasteiger partial charge in [-0.25, -0.2) is 4.39 Å². The highest BCUT2D eigenvalue weighted by Gasteiger charge is 2.19. The van der Waals surface area contributed by atoms with E-state index in [1.54, 1.807) is 0 Å². The number of nitrogens with zero attached hydrogens (tertiary/aromatic N) is 2. The largest absolute Gasteiger partial charge is 0.359 e. The molecule has 0 aliphatic carbocycles. The van der Waals surface area contributed by atoms with Crippen LogP contribution in [0.5, 0.6) is 0 Å². The molecule has 0 atom stereocenters. The molecule has 6 heteroatoms. The normalized spacial score (nSPS) is 10.2. The van der Waals surface area contributed by atoms with E-state index in [0.717, 1.165) is 0 Å². The second-order valence-corrected chi connectivity index (χ2v) is 2.79. The van der Waals surface area contributed by atoms with Crippen LogP contribution in [0.2, 0.25) is 0 Å². The number of carbonyl (C=O) groups excluding carboxylic acids is 1. The molecule has 0 aliphatic rings. The zero-order chi connectivity index (χ0) is 10.8. The van der Waals surface area contributed by atoms with Gasteiger partial charge in [0, 0.05) is 10.7 Å². The molecule has 0 fully saturated rings. The maximum atomic E-state index is 12.6. The van der Waals surface area contributed by atoms with Gasteiger partial charge in [0.1, 0.15) is 5.82 Å². The van der Waals surface area contributed by atoms with Crippen molar-refractivity contribution >= 4 is 6.29 Å². The Morgan fingerprint density at radius 3 is 2.67 bits per heavy atom. The number of hydrogen-bond donors (Lipinski definition) is 0. The summed E-state index contributed by atoms with van der Waals surface area (Å²) in [5.74, 6) is -0.412. The molecule has 1 aromatic carbocycles. The van der Waals surface area contributed by atoms with Gasteiger partial charge in [0.25, 0.3) is 11.4 Å². The Labute approximate surface area is 83.3 Å². The van der Waals surface area contributed by atoms with Crippen molar-refractivity contribution in [1.82, 2.24) is 5.16 Å². The summed E-state index contributed by atoms with van der Waals surface area (Å²) in [6, 6.07) is 5.21. The summed E-state index contributed by atoms with van der Waals surface area (Å²) in [5, 5.41) is 14.3. The van der Waals surface area contributed by atoms with E-state index in [-0.39, 0.29) is 16.3 Å². The van der Waals surface area contributed by atoms with Gasteiger partial charge in [-0.3, -0.25) is 9.42 Å². The van der Waals surface area contributed by atoms with Crippen molar-refractivity contribution in [3.8, 4) is 11.3 Å². The van der Waals surface area contributed by atoms with Gasteiger partial charge in [-0.1, -0.05) is 0 Å². The quantitative estimate of drug-likeness (QED) is 0.543. The van der Waals surface area contributed by atoms with Gasteiger partial charge >= 0.3 is 0 Å². The van der Waals surface area contributed by atoms with Crippen molar-refractivity contribution in [3.05, 3.63) is 41.0 Å². The van der Waals surface area contributed by atoms with Gasteiger partial charge in [-0.2, -0.15) is 0 Å². The van der Waals surface area contributed by atoms with E-state index in [1.807, 2.05) is 0 Å². The van der Waals surface area contributed by atoms with Crippen LogP contribution in [0.15, 0.2) is 28.9 Å². The molecule has 0 radical (unpaired) electrons. The lowest BCUT2D eigenvalue weighted by Crippen LogP contribution is -2.27. The fourth-order valence-corrected chi connectivity index (χ4v) is 1.16. The summed E-state index contributed by atoms with van der Waals surface area (Å²) in [7, 11) is 0. The van der Waals surface area contributed by atoms with E-state index in [4.69, 9.17) is 0 Å². The van der Waals surface area contributed by atoms with Crippen LogP contribution in [0.3, 0.4) is 0 Å². The van der Waals surface area contributed by atoms with E-state index < -0.39 is 5.82 Å². The molecule has 76 valence electrons. The predicted octanol–water partition coefficient (Wildman–Crippen LogP) is 0.927. The summed E-state index contributed by atoms with van der Waals surface area (Å²) < 4.78 is 16.9. The van der Waals surface area contributed by atoms with Crippen LogP contribution in [0, 0.1) is 11.0 Å². The number of halogens is 1. The lowest BCUT2D eigenvalue weighted by molar-refractivity contribution is -0.803. The number of rotatable bonds is 2. The second kappa shape index (κ2) is 3.49. The summed E-state index contributed by atoms with van der Waals surface area (Å²) >= 11 is 0. The third-order valence-corrected chi connectivity index (χ3v) is 1.87. The molecule has 0 aliphatic heterocycles. The number of aromatic nitrogens is 2. The molecule has 0 N–H and O–H groups in total. The van der Waals surface area contributed by atoms with Crippen LogP contribution in [0.1, 0.15) is 10.5 Å². The average molecular weight is 208 g/mol. The number of benzene rings is 1. The van der Waals surface area contributed by atoms with Gasteiger partial charge < -0.3 is 5.21 Å². The number of hydrogen-bond acceptors (Lipinski definition) is 4. The van der Waals surface area contributed by atoms with E-state index in [2.05, 4.69) is 9.79 Å². The van der Waals surface area contributed by atoms with Crippen LogP contribution in [0.4, 0.5) is 4.39 Å². The first-order chi connectivity index (χ1) is 7.22. The van der Waals surface area contributed by atoms with Crippen molar-refractivity contribution in [2.75, 3.05) is 0 Å². The monoisotopic (exact) mass is 208 g/mol. The minimum Gasteiger partial charge on any atom is -0.359 e. The fourth-order valence-electron chi connectivity index (χ4n) is 1.16. The molecule has 0 spiro atoms. The van der Waals surface area contributed by atoms with Crippen molar-refractivity contribution in [2.24, 2.45) is 0 Å². The fraction of sp³-hybridized carbons (Fsp3) is 0. The average Bonchev–Trinajstić information content (AvgIpc) is 2.61. The van der Waals surface area contributed by atoms with Crippen molar-refractivity contribution in [2.45, 2.75) is 0 Å². The third-order valence-electron chi connectivity index (χ3n) is 1.87. The molecule has 2 aromatic rings. The van der Waals surface area contributed by atoms with Crippen LogP contribution < -0.4 is 4.90 Å². The van der Waals surface area contributed by atoms with Crippen LogP contribution in [-0.4, -0.2) is 11.4 Å². The smallest absolute Gasteiger partial charge is 0.266 e. The molecular formula is C9H5FN2O3. The Hall–Kier alpha value is -2.24. The highest BCUT2D eigenvalue weighted by Crippen LogP contribution is 2.18. The molecule has 15 heavy (non-hydrogen) atoms. The molecule has 5 nitrogen and oxygen atoms in total. The van der Waals surface area contributed by atoms with Crippen LogP contribution >= 0.6 is 0 Å². The minimum atomic E-state index is -0.412. The Morgan fingerprint density at radius 2 is 2.07 bits per heavy atom. The standard InChI is InChI=1S/C9H5FN2O3/c10-7-3-1-6(2-4-7)9-8(5-13)12(14)15-11-9/h1-5H. The van der Waals surface area contributed by atoms with Crippen molar-refractivity contribution < 1.29 is 18.7 Å². The Kier molecular flexibility index (Phi) is 2.17. The highest BCUT2D eigenvalue weighted by atomic mass is 19.1.